The first-order valence-corrected chi connectivity index (χ1v) is 7.08. The Bertz CT molecular complexity index is 227. The average Bonchev–Trinajstić information content (AvgIpc) is 2.63. The van der Waals surface area contributed by atoms with Gasteiger partial charge in [-0.1, -0.05) is 35.1 Å². The molecular formula is C15H34N2O. The Kier molecular flexibility index (Phi) is 10.3. The zero-order chi connectivity index (χ0) is 13.5. The second kappa shape index (κ2) is 9.37. The maximum absolute atomic E-state index is 11.9. The van der Waals surface area contributed by atoms with Crippen molar-refractivity contribution in [3.8, 4) is 0 Å². The summed E-state index contributed by atoms with van der Waals surface area (Å²) >= 11 is 0. The molecule has 0 aromatic rings. The van der Waals surface area contributed by atoms with Crippen LogP contribution in [0.4, 0.5) is 0 Å². The molecule has 0 N–H and O–H groups in total. The van der Waals surface area contributed by atoms with Gasteiger partial charge in [-0.3, -0.25) is 4.79 Å². The third-order valence-electron chi connectivity index (χ3n) is 3.49. The van der Waals surface area contributed by atoms with Gasteiger partial charge in [-0.25, -0.2) is 0 Å². The Balaban J connectivity index is 0. The third kappa shape index (κ3) is 4.27. The quantitative estimate of drug-likeness (QED) is 0.666. The van der Waals surface area contributed by atoms with Gasteiger partial charge in [0.2, 0.25) is 5.91 Å². The lowest BCUT2D eigenvalue weighted by Crippen LogP contribution is -2.45. The highest BCUT2D eigenvalue weighted by atomic mass is 16.2. The van der Waals surface area contributed by atoms with Gasteiger partial charge in [0, 0.05) is 20.1 Å². The molecule has 0 unspecified atom stereocenters. The predicted octanol–water partition coefficient (Wildman–Crippen LogP) is 3.25. The van der Waals surface area contributed by atoms with Crippen LogP contribution in [0.25, 0.3) is 0 Å². The molecule has 0 aliphatic carbocycles. The molecule has 3 nitrogen and oxygen atoms in total. The number of amides is 1. The zero-order valence-electron chi connectivity index (χ0n) is 12.5. The fourth-order valence-electron chi connectivity index (χ4n) is 2.74. The van der Waals surface area contributed by atoms with Crippen molar-refractivity contribution in [3.05, 3.63) is 0 Å². The Morgan fingerprint density at radius 2 is 1.56 bits per heavy atom. The van der Waals surface area contributed by atoms with Crippen LogP contribution < -0.4 is 0 Å². The number of nitrogens with zero attached hydrogens (tertiary/aromatic N) is 2. The lowest BCUT2D eigenvalue weighted by molar-refractivity contribution is -0.137. The van der Waals surface area contributed by atoms with Crippen LogP contribution in [-0.4, -0.2) is 49.4 Å². The van der Waals surface area contributed by atoms with E-state index in [4.69, 9.17) is 0 Å². The van der Waals surface area contributed by atoms with Crippen LogP contribution in [0.2, 0.25) is 0 Å². The van der Waals surface area contributed by atoms with E-state index in [-0.39, 0.29) is 12.8 Å². The summed E-state index contributed by atoms with van der Waals surface area (Å²) in [6, 6.07) is 0. The van der Waals surface area contributed by atoms with Gasteiger partial charge in [0.25, 0.3) is 0 Å². The molecule has 3 heteroatoms. The minimum atomic E-state index is -0.0122. The molecule has 1 spiro atoms. The number of carbonyl (C=O) groups excluding carboxylic acids is 1. The normalized spacial score (nSPS) is 26.8. The zero-order valence-corrected chi connectivity index (χ0v) is 12.5. The summed E-state index contributed by atoms with van der Waals surface area (Å²) in [4.78, 5) is 16.1. The summed E-state index contributed by atoms with van der Waals surface area (Å²) in [5.41, 5.74) is -0.0122. The average molecular weight is 258 g/mol. The summed E-state index contributed by atoms with van der Waals surface area (Å²) in [5, 5.41) is 0. The molecule has 2 aliphatic rings. The van der Waals surface area contributed by atoms with Gasteiger partial charge < -0.3 is 9.80 Å². The van der Waals surface area contributed by atoms with Crippen molar-refractivity contribution in [3.63, 3.8) is 0 Å². The SMILES string of the molecule is C.CC.CC.CN1CCC[C@]2(CCN(C)C2=O)C1. The molecule has 1 atom stereocenters. The van der Waals surface area contributed by atoms with Gasteiger partial charge >= 0.3 is 0 Å². The second-order valence-corrected chi connectivity index (χ2v) is 4.60. The van der Waals surface area contributed by atoms with Gasteiger partial charge in [0.15, 0.2) is 0 Å². The maximum atomic E-state index is 11.9. The third-order valence-corrected chi connectivity index (χ3v) is 3.49. The Morgan fingerprint density at radius 1 is 1.00 bits per heavy atom. The van der Waals surface area contributed by atoms with Crippen molar-refractivity contribution in [2.45, 2.75) is 54.4 Å². The topological polar surface area (TPSA) is 23.6 Å². The molecule has 0 bridgehead atoms. The van der Waals surface area contributed by atoms with E-state index in [9.17, 15) is 4.79 Å². The van der Waals surface area contributed by atoms with E-state index in [0.717, 1.165) is 32.5 Å². The van der Waals surface area contributed by atoms with Crippen LogP contribution in [0.1, 0.15) is 54.4 Å². The smallest absolute Gasteiger partial charge is 0.229 e. The number of likely N-dealkylation sites (tertiary alicyclic amines) is 2. The Morgan fingerprint density at radius 3 is 1.94 bits per heavy atom. The monoisotopic (exact) mass is 258 g/mol. The van der Waals surface area contributed by atoms with Crippen LogP contribution in [0.5, 0.6) is 0 Å². The molecule has 2 aliphatic heterocycles. The van der Waals surface area contributed by atoms with Crippen molar-refractivity contribution >= 4 is 5.91 Å². The lowest BCUT2D eigenvalue weighted by atomic mass is 9.79. The van der Waals surface area contributed by atoms with E-state index < -0.39 is 0 Å². The summed E-state index contributed by atoms with van der Waals surface area (Å²) in [7, 11) is 4.04. The summed E-state index contributed by atoms with van der Waals surface area (Å²) in [6.45, 7) is 11.1. The Hall–Kier alpha value is -0.570. The van der Waals surface area contributed by atoms with Gasteiger partial charge in [0.05, 0.1) is 5.41 Å². The molecule has 0 aromatic heterocycles. The standard InChI is InChI=1S/C10H18N2O.2C2H6.CH4/c1-11-6-3-4-10(8-11)5-7-12(2)9(10)13;2*1-2;/h3-8H2,1-2H3;2*1-2H3;1H4/t10-;;;/m0.../s1. The molecule has 110 valence electrons. The van der Waals surface area contributed by atoms with Crippen LogP contribution in [0, 0.1) is 5.41 Å². The van der Waals surface area contributed by atoms with E-state index in [1.165, 1.54) is 6.42 Å². The lowest BCUT2D eigenvalue weighted by Gasteiger charge is -2.36. The van der Waals surface area contributed by atoms with Crippen molar-refractivity contribution in [1.82, 2.24) is 9.80 Å². The van der Waals surface area contributed by atoms with Crippen molar-refractivity contribution in [2.24, 2.45) is 5.41 Å². The van der Waals surface area contributed by atoms with Gasteiger partial charge in [-0.05, 0) is 32.9 Å². The fraction of sp³-hybridized carbons (Fsp3) is 0.933. The number of hydrogen-bond donors (Lipinski definition) is 0. The molecule has 0 saturated carbocycles. The highest BCUT2D eigenvalue weighted by Gasteiger charge is 2.46. The highest BCUT2D eigenvalue weighted by molar-refractivity contribution is 5.85. The van der Waals surface area contributed by atoms with Crippen molar-refractivity contribution in [1.29, 1.82) is 0 Å². The number of rotatable bonds is 0. The molecule has 2 fully saturated rings. The van der Waals surface area contributed by atoms with Crippen LogP contribution in [0.3, 0.4) is 0 Å². The van der Waals surface area contributed by atoms with Crippen molar-refractivity contribution in [2.75, 3.05) is 33.7 Å². The second-order valence-electron chi connectivity index (χ2n) is 4.60. The molecule has 0 aromatic carbocycles. The maximum Gasteiger partial charge on any atom is 0.229 e. The van der Waals surface area contributed by atoms with Gasteiger partial charge in [-0.15, -0.1) is 0 Å². The van der Waals surface area contributed by atoms with Crippen LogP contribution >= 0.6 is 0 Å². The fourth-order valence-corrected chi connectivity index (χ4v) is 2.74. The predicted molar refractivity (Wildman–Crippen MR) is 80.8 cm³/mol. The minimum absolute atomic E-state index is 0. The van der Waals surface area contributed by atoms with E-state index in [1.54, 1.807) is 0 Å². The van der Waals surface area contributed by atoms with E-state index in [0.29, 0.717) is 5.91 Å². The molecule has 2 heterocycles. The largest absolute Gasteiger partial charge is 0.345 e. The number of piperidine rings is 1. The van der Waals surface area contributed by atoms with Gasteiger partial charge in [-0.2, -0.15) is 0 Å². The van der Waals surface area contributed by atoms with Crippen molar-refractivity contribution < 1.29 is 4.79 Å². The highest BCUT2D eigenvalue weighted by Crippen LogP contribution is 2.38. The summed E-state index contributed by atoms with van der Waals surface area (Å²) < 4.78 is 0. The molecule has 0 radical (unpaired) electrons. The minimum Gasteiger partial charge on any atom is -0.345 e. The first-order valence-electron chi connectivity index (χ1n) is 7.08. The Labute approximate surface area is 115 Å². The molecular weight excluding hydrogens is 224 g/mol. The van der Waals surface area contributed by atoms with Crippen LogP contribution in [0.15, 0.2) is 0 Å². The number of carbonyl (C=O) groups is 1. The molecule has 1 amide bonds. The summed E-state index contributed by atoms with van der Waals surface area (Å²) in [5.74, 6) is 0.374. The van der Waals surface area contributed by atoms with E-state index >= 15 is 0 Å². The van der Waals surface area contributed by atoms with Crippen LogP contribution in [-0.2, 0) is 4.79 Å². The first-order chi connectivity index (χ1) is 8.14. The molecule has 18 heavy (non-hydrogen) atoms. The number of hydrogen-bond acceptors (Lipinski definition) is 2. The molecule has 2 saturated heterocycles. The van der Waals surface area contributed by atoms with E-state index in [2.05, 4.69) is 11.9 Å². The summed E-state index contributed by atoms with van der Waals surface area (Å²) in [6.07, 6.45) is 3.34. The molecule has 2 rings (SSSR count). The first kappa shape index (κ1) is 19.8. The van der Waals surface area contributed by atoms with Gasteiger partial charge in [0.1, 0.15) is 0 Å². The van der Waals surface area contributed by atoms with E-state index in [1.807, 2.05) is 39.6 Å².